The van der Waals surface area contributed by atoms with Gasteiger partial charge in [0.2, 0.25) is 0 Å². The minimum absolute atomic E-state index is 0.667. The van der Waals surface area contributed by atoms with Gasteiger partial charge in [0.15, 0.2) is 0 Å². The molecule has 0 aliphatic rings. The van der Waals surface area contributed by atoms with Crippen LogP contribution in [-0.2, 0) is 0 Å². The normalized spacial score (nSPS) is 12.5. The first-order chi connectivity index (χ1) is 8.13. The third kappa shape index (κ3) is 2.30. The monoisotopic (exact) mass is 250 g/mol. The minimum Gasteiger partial charge on any atom is -0.496 e. The van der Waals surface area contributed by atoms with E-state index in [2.05, 4.69) is 9.59 Å². The van der Waals surface area contributed by atoms with Gasteiger partial charge in [0.1, 0.15) is 11.9 Å². The Hall–Kier alpha value is -1.46. The average molecular weight is 250 g/mol. The third-order valence-corrected chi connectivity index (χ3v) is 3.44. The van der Waals surface area contributed by atoms with Crippen LogP contribution in [0.5, 0.6) is 5.75 Å². The number of nitrogens with zero attached hydrogens (tertiary/aromatic N) is 2. The fourth-order valence-electron chi connectivity index (χ4n) is 1.78. The van der Waals surface area contributed by atoms with E-state index in [1.165, 1.54) is 11.5 Å². The van der Waals surface area contributed by atoms with Crippen LogP contribution in [0.1, 0.15) is 27.7 Å². The molecule has 1 unspecified atom stereocenters. The summed E-state index contributed by atoms with van der Waals surface area (Å²) in [6.45, 7) is 3.91. The van der Waals surface area contributed by atoms with Crippen molar-refractivity contribution >= 4 is 11.5 Å². The van der Waals surface area contributed by atoms with Crippen molar-refractivity contribution in [1.82, 2.24) is 9.59 Å². The molecule has 17 heavy (non-hydrogen) atoms. The average Bonchev–Trinajstić information content (AvgIpc) is 2.84. The second kappa shape index (κ2) is 4.81. The van der Waals surface area contributed by atoms with Crippen molar-refractivity contribution in [2.45, 2.75) is 20.0 Å². The lowest BCUT2D eigenvalue weighted by Gasteiger charge is -2.14. The molecule has 90 valence electrons. The maximum Gasteiger partial charge on any atom is 0.122 e. The second-order valence-corrected chi connectivity index (χ2v) is 4.72. The zero-order valence-corrected chi connectivity index (χ0v) is 10.8. The molecule has 0 spiro atoms. The molecule has 0 aliphatic heterocycles. The molecule has 1 heterocycles. The number of ether oxygens (including phenoxy) is 1. The van der Waals surface area contributed by atoms with Crippen molar-refractivity contribution < 1.29 is 9.84 Å². The molecule has 0 saturated carbocycles. The van der Waals surface area contributed by atoms with Crippen LogP contribution in [0.25, 0.3) is 0 Å². The van der Waals surface area contributed by atoms with Crippen molar-refractivity contribution in [2.24, 2.45) is 0 Å². The standard InChI is InChI=1S/C12H14N2O2S/c1-7-5-10(16-3)8(2)4-9(7)12(15)11-6-13-14-17-11/h4-6,12,15H,1-3H3. The fraction of sp³-hybridized carbons (Fsp3) is 0.333. The summed E-state index contributed by atoms with van der Waals surface area (Å²) in [4.78, 5) is 0.748. The van der Waals surface area contributed by atoms with E-state index < -0.39 is 6.10 Å². The molecule has 1 aromatic heterocycles. The summed E-state index contributed by atoms with van der Waals surface area (Å²) in [5, 5.41) is 14.0. The number of aliphatic hydroxyl groups is 1. The maximum absolute atomic E-state index is 10.2. The quantitative estimate of drug-likeness (QED) is 0.907. The summed E-state index contributed by atoms with van der Waals surface area (Å²) >= 11 is 1.21. The Labute approximate surface area is 104 Å². The van der Waals surface area contributed by atoms with Gasteiger partial charge in [-0.05, 0) is 54.2 Å². The van der Waals surface area contributed by atoms with Gasteiger partial charge in [-0.25, -0.2) is 0 Å². The lowest BCUT2D eigenvalue weighted by Crippen LogP contribution is -2.02. The first-order valence-corrected chi connectivity index (χ1v) is 6.01. The highest BCUT2D eigenvalue weighted by Gasteiger charge is 2.16. The highest BCUT2D eigenvalue weighted by atomic mass is 32.1. The number of methoxy groups -OCH3 is 1. The van der Waals surface area contributed by atoms with E-state index in [1.807, 2.05) is 26.0 Å². The van der Waals surface area contributed by atoms with Crippen LogP contribution in [0, 0.1) is 13.8 Å². The van der Waals surface area contributed by atoms with Gasteiger partial charge in [-0.15, -0.1) is 5.10 Å². The molecular weight excluding hydrogens is 236 g/mol. The van der Waals surface area contributed by atoms with Gasteiger partial charge < -0.3 is 9.84 Å². The highest BCUT2D eigenvalue weighted by Crippen LogP contribution is 2.30. The van der Waals surface area contributed by atoms with Crippen LogP contribution >= 0.6 is 11.5 Å². The maximum atomic E-state index is 10.2. The third-order valence-electron chi connectivity index (χ3n) is 2.73. The predicted molar refractivity (Wildman–Crippen MR) is 66.4 cm³/mol. The van der Waals surface area contributed by atoms with E-state index in [0.29, 0.717) is 0 Å². The molecular formula is C12H14N2O2S. The van der Waals surface area contributed by atoms with Crippen LogP contribution < -0.4 is 4.74 Å². The van der Waals surface area contributed by atoms with Gasteiger partial charge >= 0.3 is 0 Å². The zero-order chi connectivity index (χ0) is 12.4. The Morgan fingerprint density at radius 1 is 1.29 bits per heavy atom. The Morgan fingerprint density at radius 2 is 2.06 bits per heavy atom. The number of hydrogen-bond donors (Lipinski definition) is 1. The number of aryl methyl sites for hydroxylation is 2. The summed E-state index contributed by atoms with van der Waals surface area (Å²) in [6.07, 6.45) is 0.925. The molecule has 0 radical (unpaired) electrons. The van der Waals surface area contributed by atoms with E-state index in [0.717, 1.165) is 27.3 Å². The molecule has 0 amide bonds. The largest absolute Gasteiger partial charge is 0.496 e. The summed E-state index contributed by atoms with van der Waals surface area (Å²) in [6, 6.07) is 3.88. The summed E-state index contributed by atoms with van der Waals surface area (Å²) < 4.78 is 9.01. The van der Waals surface area contributed by atoms with E-state index in [1.54, 1.807) is 13.3 Å². The molecule has 1 aromatic carbocycles. The minimum atomic E-state index is -0.667. The SMILES string of the molecule is COc1cc(C)c(C(O)c2cnns2)cc1C. The van der Waals surface area contributed by atoms with Crippen molar-refractivity contribution in [1.29, 1.82) is 0 Å². The van der Waals surface area contributed by atoms with Crippen LogP contribution in [0.3, 0.4) is 0 Å². The van der Waals surface area contributed by atoms with Gasteiger partial charge in [-0.3, -0.25) is 0 Å². The van der Waals surface area contributed by atoms with E-state index in [4.69, 9.17) is 4.74 Å². The van der Waals surface area contributed by atoms with Crippen molar-refractivity contribution in [3.05, 3.63) is 39.9 Å². The predicted octanol–water partition coefficient (Wildman–Crippen LogP) is 2.25. The second-order valence-electron chi connectivity index (χ2n) is 3.90. The number of aromatic nitrogens is 2. The smallest absolute Gasteiger partial charge is 0.122 e. The van der Waals surface area contributed by atoms with Crippen LogP contribution in [-0.4, -0.2) is 21.8 Å². The summed E-state index contributed by atoms with van der Waals surface area (Å²) in [5.74, 6) is 0.834. The lowest BCUT2D eigenvalue weighted by molar-refractivity contribution is 0.223. The highest BCUT2D eigenvalue weighted by molar-refractivity contribution is 7.05. The Balaban J connectivity index is 2.42. The van der Waals surface area contributed by atoms with E-state index in [-0.39, 0.29) is 0 Å². The molecule has 0 fully saturated rings. The number of benzene rings is 1. The zero-order valence-electron chi connectivity index (χ0n) is 9.97. The molecule has 1 atom stereocenters. The van der Waals surface area contributed by atoms with Gasteiger partial charge in [0, 0.05) is 0 Å². The first kappa shape index (κ1) is 12.0. The first-order valence-electron chi connectivity index (χ1n) is 5.24. The Kier molecular flexibility index (Phi) is 3.40. The van der Waals surface area contributed by atoms with E-state index >= 15 is 0 Å². The van der Waals surface area contributed by atoms with Crippen LogP contribution in [0.2, 0.25) is 0 Å². The number of aliphatic hydroxyl groups excluding tert-OH is 1. The molecule has 1 N–H and O–H groups in total. The van der Waals surface area contributed by atoms with Gasteiger partial charge in [-0.2, -0.15) is 0 Å². The Morgan fingerprint density at radius 3 is 2.65 bits per heavy atom. The number of hydrogen-bond acceptors (Lipinski definition) is 5. The van der Waals surface area contributed by atoms with Crippen LogP contribution in [0.15, 0.2) is 18.3 Å². The van der Waals surface area contributed by atoms with Crippen LogP contribution in [0.4, 0.5) is 0 Å². The van der Waals surface area contributed by atoms with Crippen molar-refractivity contribution in [3.63, 3.8) is 0 Å². The molecule has 5 heteroatoms. The van der Waals surface area contributed by atoms with Gasteiger partial charge in [0.05, 0.1) is 18.2 Å². The molecule has 0 bridgehead atoms. The Bertz CT molecular complexity index is 511. The topological polar surface area (TPSA) is 55.2 Å². The van der Waals surface area contributed by atoms with Gasteiger partial charge in [-0.1, -0.05) is 4.49 Å². The van der Waals surface area contributed by atoms with Gasteiger partial charge in [0.25, 0.3) is 0 Å². The molecule has 4 nitrogen and oxygen atoms in total. The molecule has 0 saturated heterocycles. The fourth-order valence-corrected chi connectivity index (χ4v) is 2.28. The van der Waals surface area contributed by atoms with E-state index in [9.17, 15) is 5.11 Å². The van der Waals surface area contributed by atoms with Crippen molar-refractivity contribution in [2.75, 3.05) is 7.11 Å². The van der Waals surface area contributed by atoms with Crippen molar-refractivity contribution in [3.8, 4) is 5.75 Å². The summed E-state index contributed by atoms with van der Waals surface area (Å²) in [7, 11) is 1.64. The lowest BCUT2D eigenvalue weighted by atomic mass is 9.99. The molecule has 0 aliphatic carbocycles. The summed E-state index contributed by atoms with van der Waals surface area (Å²) in [5.41, 5.74) is 2.87. The molecule has 2 rings (SSSR count). The molecule has 2 aromatic rings. The number of rotatable bonds is 3.